The fourth-order valence-corrected chi connectivity index (χ4v) is 1.66. The highest BCUT2D eigenvalue weighted by molar-refractivity contribution is 5.62. The maximum absolute atomic E-state index is 4.46. The Hall–Kier alpha value is -1.64. The molecule has 0 bridgehead atoms. The van der Waals surface area contributed by atoms with Crippen LogP contribution < -0.4 is 0 Å². The Morgan fingerprint density at radius 3 is 2.67 bits per heavy atom. The first-order valence-electron chi connectivity index (χ1n) is 5.15. The summed E-state index contributed by atoms with van der Waals surface area (Å²) in [5.74, 6) is 0. The van der Waals surface area contributed by atoms with Gasteiger partial charge in [0.1, 0.15) is 0 Å². The molecule has 2 rings (SSSR count). The molecule has 0 unspecified atom stereocenters. The van der Waals surface area contributed by atoms with E-state index in [9.17, 15) is 0 Å². The minimum atomic E-state index is 0.967. The largest absolute Gasteiger partial charge is 0.275 e. The zero-order chi connectivity index (χ0) is 10.8. The molecule has 2 aromatic heterocycles. The van der Waals surface area contributed by atoms with Gasteiger partial charge in [0.25, 0.3) is 0 Å². The molecule has 3 nitrogen and oxygen atoms in total. The van der Waals surface area contributed by atoms with Gasteiger partial charge in [-0.25, -0.2) is 0 Å². The average molecular weight is 201 g/mol. The van der Waals surface area contributed by atoms with E-state index in [1.165, 1.54) is 5.56 Å². The van der Waals surface area contributed by atoms with Gasteiger partial charge in [-0.1, -0.05) is 6.92 Å². The summed E-state index contributed by atoms with van der Waals surface area (Å²) in [4.78, 5) is 4.46. The van der Waals surface area contributed by atoms with Crippen LogP contribution in [0.15, 0.2) is 24.5 Å². The third-order valence-corrected chi connectivity index (χ3v) is 2.41. The van der Waals surface area contributed by atoms with Crippen LogP contribution in [0.3, 0.4) is 0 Å². The Kier molecular flexibility index (Phi) is 2.54. The Labute approximate surface area is 89.8 Å². The molecule has 0 saturated carbocycles. The van der Waals surface area contributed by atoms with Crippen LogP contribution in [-0.2, 0) is 13.5 Å². The van der Waals surface area contributed by atoms with E-state index in [1.54, 1.807) is 0 Å². The molecule has 2 heterocycles. The normalized spacial score (nSPS) is 10.6. The van der Waals surface area contributed by atoms with Crippen molar-refractivity contribution < 1.29 is 0 Å². The molecule has 0 aromatic carbocycles. The number of aryl methyl sites for hydroxylation is 3. The van der Waals surface area contributed by atoms with E-state index >= 15 is 0 Å². The summed E-state index contributed by atoms with van der Waals surface area (Å²) in [7, 11) is 1.93. The second-order valence-corrected chi connectivity index (χ2v) is 3.74. The molecule has 0 saturated heterocycles. The number of aromatic nitrogens is 3. The van der Waals surface area contributed by atoms with Crippen molar-refractivity contribution in [1.29, 1.82) is 0 Å². The third kappa shape index (κ3) is 2.06. The highest BCUT2D eigenvalue weighted by Crippen LogP contribution is 2.20. The summed E-state index contributed by atoms with van der Waals surface area (Å²) in [5, 5.41) is 4.17. The molecule has 0 amide bonds. The van der Waals surface area contributed by atoms with Gasteiger partial charge in [0.05, 0.1) is 6.20 Å². The first-order valence-corrected chi connectivity index (χ1v) is 5.15. The molecular formula is C12H15N3. The van der Waals surface area contributed by atoms with Crippen LogP contribution in [0, 0.1) is 6.92 Å². The maximum Gasteiger partial charge on any atom is 0.0568 e. The van der Waals surface area contributed by atoms with E-state index in [-0.39, 0.29) is 0 Å². The highest BCUT2D eigenvalue weighted by Gasteiger charge is 2.03. The molecule has 0 aliphatic rings. The lowest BCUT2D eigenvalue weighted by molar-refractivity contribution is 0.768. The highest BCUT2D eigenvalue weighted by atomic mass is 15.2. The van der Waals surface area contributed by atoms with Crippen LogP contribution in [0.25, 0.3) is 11.1 Å². The zero-order valence-corrected chi connectivity index (χ0v) is 9.36. The molecule has 0 N–H and O–H groups in total. The van der Waals surface area contributed by atoms with Crippen LogP contribution in [-0.4, -0.2) is 14.8 Å². The van der Waals surface area contributed by atoms with Gasteiger partial charge in [-0.3, -0.25) is 9.67 Å². The zero-order valence-electron chi connectivity index (χ0n) is 9.36. The van der Waals surface area contributed by atoms with E-state index in [4.69, 9.17) is 0 Å². The van der Waals surface area contributed by atoms with Gasteiger partial charge in [-0.15, -0.1) is 0 Å². The lowest BCUT2D eigenvalue weighted by atomic mass is 10.1. The van der Waals surface area contributed by atoms with E-state index in [1.807, 2.05) is 31.0 Å². The molecule has 3 heteroatoms. The second kappa shape index (κ2) is 3.85. The molecule has 0 aliphatic heterocycles. The number of pyridine rings is 1. The van der Waals surface area contributed by atoms with Crippen molar-refractivity contribution in [1.82, 2.24) is 14.8 Å². The van der Waals surface area contributed by atoms with Crippen LogP contribution in [0.4, 0.5) is 0 Å². The van der Waals surface area contributed by atoms with Crippen LogP contribution in [0.2, 0.25) is 0 Å². The van der Waals surface area contributed by atoms with Gasteiger partial charge in [-0.2, -0.15) is 5.10 Å². The molecular weight excluding hydrogens is 186 g/mol. The van der Waals surface area contributed by atoms with Gasteiger partial charge in [0.15, 0.2) is 0 Å². The average Bonchev–Trinajstić information content (AvgIpc) is 2.64. The second-order valence-electron chi connectivity index (χ2n) is 3.74. The fourth-order valence-electron chi connectivity index (χ4n) is 1.66. The monoisotopic (exact) mass is 201 g/mol. The molecule has 78 valence electrons. The Morgan fingerprint density at radius 2 is 2.07 bits per heavy atom. The summed E-state index contributed by atoms with van der Waals surface area (Å²) in [6.45, 7) is 4.15. The first-order chi connectivity index (χ1) is 7.19. The van der Waals surface area contributed by atoms with Gasteiger partial charge >= 0.3 is 0 Å². The van der Waals surface area contributed by atoms with Gasteiger partial charge in [0.2, 0.25) is 0 Å². The molecule has 0 radical (unpaired) electrons. The van der Waals surface area contributed by atoms with Gasteiger partial charge in [0, 0.05) is 30.2 Å². The topological polar surface area (TPSA) is 30.7 Å². The summed E-state index contributed by atoms with van der Waals surface area (Å²) in [6.07, 6.45) is 4.87. The smallest absolute Gasteiger partial charge is 0.0568 e. The standard InChI is InChI=1S/C12H15N3/c1-4-12-6-10(5-9(2)14-12)11-7-13-15(3)8-11/h5-8H,4H2,1-3H3. The van der Waals surface area contributed by atoms with Crippen molar-refractivity contribution in [3.63, 3.8) is 0 Å². The Bertz CT molecular complexity index is 471. The van der Waals surface area contributed by atoms with E-state index in [0.717, 1.165) is 23.4 Å². The Balaban J connectivity index is 2.48. The molecule has 0 atom stereocenters. The number of hydrogen-bond donors (Lipinski definition) is 0. The predicted octanol–water partition coefficient (Wildman–Crippen LogP) is 2.35. The van der Waals surface area contributed by atoms with Gasteiger partial charge in [-0.05, 0) is 31.0 Å². The van der Waals surface area contributed by atoms with Crippen molar-refractivity contribution >= 4 is 0 Å². The van der Waals surface area contributed by atoms with Crippen molar-refractivity contribution in [3.05, 3.63) is 35.9 Å². The van der Waals surface area contributed by atoms with Crippen molar-refractivity contribution in [2.75, 3.05) is 0 Å². The van der Waals surface area contributed by atoms with E-state index in [2.05, 4.69) is 29.1 Å². The first kappa shape index (κ1) is 9.90. The van der Waals surface area contributed by atoms with Crippen LogP contribution in [0.5, 0.6) is 0 Å². The summed E-state index contributed by atoms with van der Waals surface area (Å²) < 4.78 is 1.82. The number of nitrogens with zero attached hydrogens (tertiary/aromatic N) is 3. The molecule has 0 fully saturated rings. The lowest BCUT2D eigenvalue weighted by Gasteiger charge is -2.03. The summed E-state index contributed by atoms with van der Waals surface area (Å²) in [6, 6.07) is 4.22. The summed E-state index contributed by atoms with van der Waals surface area (Å²) in [5.41, 5.74) is 4.55. The van der Waals surface area contributed by atoms with Crippen LogP contribution in [0.1, 0.15) is 18.3 Å². The molecule has 0 spiro atoms. The van der Waals surface area contributed by atoms with Crippen molar-refractivity contribution in [2.24, 2.45) is 7.05 Å². The quantitative estimate of drug-likeness (QED) is 0.746. The van der Waals surface area contributed by atoms with Crippen LogP contribution >= 0.6 is 0 Å². The SMILES string of the molecule is CCc1cc(-c2cnn(C)c2)cc(C)n1. The van der Waals surface area contributed by atoms with Crippen molar-refractivity contribution in [2.45, 2.75) is 20.3 Å². The minimum absolute atomic E-state index is 0.967. The summed E-state index contributed by atoms with van der Waals surface area (Å²) >= 11 is 0. The lowest BCUT2D eigenvalue weighted by Crippen LogP contribution is -1.91. The predicted molar refractivity (Wildman–Crippen MR) is 60.6 cm³/mol. The van der Waals surface area contributed by atoms with E-state index in [0.29, 0.717) is 0 Å². The molecule has 15 heavy (non-hydrogen) atoms. The van der Waals surface area contributed by atoms with E-state index < -0.39 is 0 Å². The number of hydrogen-bond acceptors (Lipinski definition) is 2. The Morgan fingerprint density at radius 1 is 1.27 bits per heavy atom. The number of rotatable bonds is 2. The fraction of sp³-hybridized carbons (Fsp3) is 0.333. The maximum atomic E-state index is 4.46. The molecule has 0 aliphatic carbocycles. The third-order valence-electron chi connectivity index (χ3n) is 2.41. The van der Waals surface area contributed by atoms with Gasteiger partial charge < -0.3 is 0 Å². The minimum Gasteiger partial charge on any atom is -0.275 e. The molecule has 2 aromatic rings. The van der Waals surface area contributed by atoms with Crippen molar-refractivity contribution in [3.8, 4) is 11.1 Å².